The van der Waals surface area contributed by atoms with E-state index >= 15 is 0 Å². The van der Waals surface area contributed by atoms with Gasteiger partial charge in [0.15, 0.2) is 17.5 Å². The van der Waals surface area contributed by atoms with Gasteiger partial charge in [-0.15, -0.1) is 0 Å². The molecule has 0 amide bonds. The quantitative estimate of drug-likeness (QED) is 0.250. The van der Waals surface area contributed by atoms with Crippen LogP contribution in [-0.4, -0.2) is 21.5 Å². The lowest BCUT2D eigenvalue weighted by molar-refractivity contribution is 0.815. The summed E-state index contributed by atoms with van der Waals surface area (Å²) in [6.07, 6.45) is 0. The molecule has 40 heavy (non-hydrogen) atoms. The van der Waals surface area contributed by atoms with Crippen molar-refractivity contribution in [1.29, 1.82) is 0 Å². The Labute approximate surface area is 238 Å². The summed E-state index contributed by atoms with van der Waals surface area (Å²) in [4.78, 5) is 12.7. The lowest BCUT2D eigenvalue weighted by Gasteiger charge is -2.40. The molecule has 2 aliphatic heterocycles. The van der Waals surface area contributed by atoms with Crippen LogP contribution >= 0.6 is 11.6 Å². The SMILES string of the molecule is Cc1cc(C)cc(NC2=Nc3ccccc3N3C2=Nc2c(c(C)nn2-c2ccccc2)[C@H]3c2cccc(Cl)c2)c1. The van der Waals surface area contributed by atoms with E-state index in [1.807, 2.05) is 71.4 Å². The minimum atomic E-state index is -0.216. The minimum absolute atomic E-state index is 0.216. The fourth-order valence-corrected chi connectivity index (χ4v) is 5.92. The van der Waals surface area contributed by atoms with Gasteiger partial charge in [-0.3, -0.25) is 0 Å². The highest BCUT2D eigenvalue weighted by atomic mass is 35.5. The molecule has 0 saturated carbocycles. The molecule has 2 aliphatic rings. The van der Waals surface area contributed by atoms with Gasteiger partial charge < -0.3 is 10.2 Å². The van der Waals surface area contributed by atoms with Crippen LogP contribution in [0.1, 0.15) is 34.0 Å². The van der Waals surface area contributed by atoms with Gasteiger partial charge in [-0.25, -0.2) is 14.7 Å². The molecule has 0 radical (unpaired) electrons. The van der Waals surface area contributed by atoms with Crippen LogP contribution in [0.15, 0.2) is 107 Å². The van der Waals surface area contributed by atoms with E-state index in [-0.39, 0.29) is 6.04 Å². The lowest BCUT2D eigenvalue weighted by atomic mass is 9.93. The largest absolute Gasteiger partial charge is 0.337 e. The van der Waals surface area contributed by atoms with Gasteiger partial charge in [0.25, 0.3) is 0 Å². The number of aliphatic imine (C=N–C) groups is 2. The average Bonchev–Trinajstić information content (AvgIpc) is 3.28. The summed E-state index contributed by atoms with van der Waals surface area (Å²) in [5, 5.41) is 9.29. The van der Waals surface area contributed by atoms with E-state index in [9.17, 15) is 0 Å². The number of hydrogen-bond donors (Lipinski definition) is 1. The number of benzene rings is 4. The smallest absolute Gasteiger partial charge is 0.179 e. The highest BCUT2D eigenvalue weighted by Crippen LogP contribution is 2.48. The van der Waals surface area contributed by atoms with E-state index in [0.717, 1.165) is 51.2 Å². The predicted octanol–water partition coefficient (Wildman–Crippen LogP) is 8.25. The van der Waals surface area contributed by atoms with Crippen LogP contribution in [0.2, 0.25) is 5.02 Å². The number of anilines is 2. The van der Waals surface area contributed by atoms with E-state index in [1.54, 1.807) is 0 Å². The third-order valence-corrected chi connectivity index (χ3v) is 7.52. The van der Waals surface area contributed by atoms with Gasteiger partial charge in [0, 0.05) is 16.3 Å². The summed E-state index contributed by atoms with van der Waals surface area (Å²) in [6, 6.07) is 32.6. The molecule has 4 aromatic carbocycles. The molecule has 1 aromatic heterocycles. The molecule has 0 aliphatic carbocycles. The molecule has 7 rings (SSSR count). The maximum Gasteiger partial charge on any atom is 0.179 e. The molecule has 6 nitrogen and oxygen atoms in total. The molecule has 1 N–H and O–H groups in total. The molecule has 7 heteroatoms. The van der Waals surface area contributed by atoms with Gasteiger partial charge in [-0.2, -0.15) is 5.10 Å². The average molecular weight is 543 g/mol. The molecule has 1 atom stereocenters. The van der Waals surface area contributed by atoms with E-state index in [2.05, 4.69) is 61.3 Å². The Balaban J connectivity index is 1.50. The number of amidine groups is 2. The Morgan fingerprint density at radius 2 is 1.52 bits per heavy atom. The summed E-state index contributed by atoms with van der Waals surface area (Å²) in [6.45, 7) is 6.25. The molecule has 5 aromatic rings. The van der Waals surface area contributed by atoms with Gasteiger partial charge in [-0.1, -0.05) is 60.1 Å². The molecule has 0 saturated heterocycles. The van der Waals surface area contributed by atoms with Crippen LogP contribution in [0.3, 0.4) is 0 Å². The summed E-state index contributed by atoms with van der Waals surface area (Å²) >= 11 is 6.57. The van der Waals surface area contributed by atoms with Crippen LogP contribution < -0.4 is 10.2 Å². The van der Waals surface area contributed by atoms with Gasteiger partial charge in [0.05, 0.1) is 28.8 Å². The van der Waals surface area contributed by atoms with Crippen LogP contribution in [0.4, 0.5) is 22.9 Å². The van der Waals surface area contributed by atoms with Crippen molar-refractivity contribution in [2.45, 2.75) is 26.8 Å². The zero-order valence-corrected chi connectivity index (χ0v) is 23.2. The summed E-state index contributed by atoms with van der Waals surface area (Å²) < 4.78 is 1.93. The number of para-hydroxylation sites is 3. The van der Waals surface area contributed by atoms with E-state index in [4.69, 9.17) is 26.7 Å². The van der Waals surface area contributed by atoms with E-state index < -0.39 is 0 Å². The molecular weight excluding hydrogens is 516 g/mol. The van der Waals surface area contributed by atoms with Gasteiger partial charge >= 0.3 is 0 Å². The standard InChI is InChI=1S/C33H27ClN6/c1-20-16-21(2)18-25(17-20)35-31-33-37-32-29(22(3)38-40(32)26-12-5-4-6-13-26)30(23-10-9-11-24(34)19-23)39(33)28-15-8-7-14-27(28)36-31/h4-19,30H,1-3H3,(H,35,36)/t30-/m1/s1. The Bertz CT molecular complexity index is 1820. The first-order chi connectivity index (χ1) is 19.5. The van der Waals surface area contributed by atoms with Crippen LogP contribution in [0, 0.1) is 20.8 Å². The molecule has 3 heterocycles. The monoisotopic (exact) mass is 542 g/mol. The van der Waals surface area contributed by atoms with Crippen LogP contribution in [0.25, 0.3) is 5.69 Å². The number of aromatic nitrogens is 2. The maximum atomic E-state index is 6.57. The summed E-state index contributed by atoms with van der Waals surface area (Å²) in [5.74, 6) is 2.20. The summed E-state index contributed by atoms with van der Waals surface area (Å²) in [5.41, 5.74) is 9.14. The van der Waals surface area contributed by atoms with Crippen molar-refractivity contribution in [2.75, 3.05) is 10.2 Å². The first-order valence-corrected chi connectivity index (χ1v) is 13.7. The zero-order valence-electron chi connectivity index (χ0n) is 22.4. The molecule has 0 bridgehead atoms. The normalized spacial score (nSPS) is 15.5. The van der Waals surface area contributed by atoms with Gasteiger partial charge in [-0.05, 0) is 86.0 Å². The number of nitrogens with one attached hydrogen (secondary N) is 1. The first kappa shape index (κ1) is 24.4. The molecule has 0 spiro atoms. The Morgan fingerprint density at radius 1 is 0.775 bits per heavy atom. The Hall–Kier alpha value is -4.68. The topological polar surface area (TPSA) is 57.8 Å². The minimum Gasteiger partial charge on any atom is -0.337 e. The van der Waals surface area contributed by atoms with Crippen molar-refractivity contribution < 1.29 is 0 Å². The predicted molar refractivity (Wildman–Crippen MR) is 164 cm³/mol. The lowest BCUT2D eigenvalue weighted by Crippen LogP contribution is -2.46. The van der Waals surface area contributed by atoms with Crippen LogP contribution in [0.5, 0.6) is 0 Å². The number of nitrogens with zero attached hydrogens (tertiary/aromatic N) is 5. The van der Waals surface area contributed by atoms with E-state index in [0.29, 0.717) is 10.9 Å². The number of halogens is 1. The van der Waals surface area contributed by atoms with Crippen molar-refractivity contribution >= 4 is 46.2 Å². The third kappa shape index (κ3) is 4.08. The second-order valence-corrected chi connectivity index (χ2v) is 10.7. The fourth-order valence-electron chi connectivity index (χ4n) is 5.72. The van der Waals surface area contributed by atoms with Crippen molar-refractivity contribution in [3.05, 3.63) is 130 Å². The van der Waals surface area contributed by atoms with E-state index in [1.165, 1.54) is 11.1 Å². The third-order valence-electron chi connectivity index (χ3n) is 7.29. The molecule has 196 valence electrons. The number of rotatable bonds is 3. The Morgan fingerprint density at radius 3 is 2.30 bits per heavy atom. The Kier molecular flexibility index (Phi) is 5.79. The van der Waals surface area contributed by atoms with Gasteiger partial charge in [0.2, 0.25) is 0 Å². The van der Waals surface area contributed by atoms with Crippen LogP contribution in [-0.2, 0) is 0 Å². The zero-order chi connectivity index (χ0) is 27.4. The maximum absolute atomic E-state index is 6.57. The van der Waals surface area contributed by atoms with Crippen molar-refractivity contribution in [1.82, 2.24) is 9.78 Å². The summed E-state index contributed by atoms with van der Waals surface area (Å²) in [7, 11) is 0. The second-order valence-electron chi connectivity index (χ2n) is 10.3. The molecular formula is C33H27ClN6. The number of hydrogen-bond acceptors (Lipinski definition) is 5. The first-order valence-electron chi connectivity index (χ1n) is 13.3. The van der Waals surface area contributed by atoms with Crippen molar-refractivity contribution in [3.8, 4) is 5.69 Å². The molecule has 0 unspecified atom stereocenters. The molecule has 0 fully saturated rings. The van der Waals surface area contributed by atoms with Gasteiger partial charge in [0.1, 0.15) is 0 Å². The number of aryl methyl sites for hydroxylation is 3. The van der Waals surface area contributed by atoms with Crippen molar-refractivity contribution in [3.63, 3.8) is 0 Å². The van der Waals surface area contributed by atoms with Crippen molar-refractivity contribution in [2.24, 2.45) is 9.98 Å². The second kappa shape index (κ2) is 9.50. The fraction of sp³-hybridized carbons (Fsp3) is 0.121. The highest BCUT2D eigenvalue weighted by molar-refractivity contribution is 6.51. The number of fused-ring (bicyclic) bond motifs is 4. The highest BCUT2D eigenvalue weighted by Gasteiger charge is 2.41.